The minimum absolute atomic E-state index is 0.0553. The molecule has 13 heteroatoms. The lowest BCUT2D eigenvalue weighted by molar-refractivity contribution is -0.143. The van der Waals surface area contributed by atoms with Gasteiger partial charge in [-0.2, -0.15) is 31.4 Å². The number of rotatable bonds is 3. The van der Waals surface area contributed by atoms with Crippen molar-refractivity contribution in [1.29, 1.82) is 0 Å². The van der Waals surface area contributed by atoms with Gasteiger partial charge in [-0.25, -0.2) is 13.5 Å². The second-order valence-electron chi connectivity index (χ2n) is 6.07. The van der Waals surface area contributed by atoms with Crippen LogP contribution >= 0.6 is 11.6 Å². The molecule has 0 saturated heterocycles. The lowest BCUT2D eigenvalue weighted by Crippen LogP contribution is -2.15. The number of carbonyl (C=O) groups excluding carboxylic acids is 1. The van der Waals surface area contributed by atoms with Crippen LogP contribution < -0.4 is 5.32 Å². The number of hydrogen-bond donors (Lipinski definition) is 1. The van der Waals surface area contributed by atoms with Crippen molar-refractivity contribution in [3.8, 4) is 5.69 Å². The second-order valence-corrected chi connectivity index (χ2v) is 6.48. The van der Waals surface area contributed by atoms with Crippen molar-refractivity contribution in [2.24, 2.45) is 0 Å². The molecule has 1 aromatic heterocycles. The third-order valence-corrected chi connectivity index (χ3v) is 4.20. The van der Waals surface area contributed by atoms with E-state index in [0.717, 1.165) is 24.3 Å². The molecule has 0 spiro atoms. The summed E-state index contributed by atoms with van der Waals surface area (Å²) < 4.78 is 105. The molecular formula is C18H8ClF8N3O. The van der Waals surface area contributed by atoms with Gasteiger partial charge in [0.1, 0.15) is 17.3 Å². The van der Waals surface area contributed by atoms with Crippen LogP contribution in [-0.2, 0) is 12.4 Å². The molecule has 1 N–H and O–H groups in total. The summed E-state index contributed by atoms with van der Waals surface area (Å²) in [5, 5.41) is 4.60. The van der Waals surface area contributed by atoms with Gasteiger partial charge in [0, 0.05) is 11.8 Å². The molecule has 1 amide bonds. The van der Waals surface area contributed by atoms with Crippen LogP contribution in [-0.4, -0.2) is 15.7 Å². The van der Waals surface area contributed by atoms with Crippen LogP contribution in [0.1, 0.15) is 21.7 Å². The largest absolute Gasteiger partial charge is 0.435 e. The molecule has 0 aliphatic heterocycles. The van der Waals surface area contributed by atoms with E-state index in [1.807, 2.05) is 0 Å². The predicted octanol–water partition coefficient (Wildman–Crippen LogP) is 6.09. The molecule has 164 valence electrons. The summed E-state index contributed by atoms with van der Waals surface area (Å²) in [6, 6.07) is 5.02. The first-order valence-electron chi connectivity index (χ1n) is 8.08. The molecule has 0 radical (unpaired) electrons. The fourth-order valence-corrected chi connectivity index (χ4v) is 2.65. The second kappa shape index (κ2) is 7.84. The molecule has 3 aromatic rings. The lowest BCUT2D eigenvalue weighted by Gasteiger charge is -2.11. The van der Waals surface area contributed by atoms with Crippen LogP contribution in [0.25, 0.3) is 5.69 Å². The van der Waals surface area contributed by atoms with Crippen LogP contribution in [0.4, 0.5) is 40.8 Å². The Hall–Kier alpha value is -3.15. The number of anilines is 1. The lowest BCUT2D eigenvalue weighted by atomic mass is 10.2. The zero-order chi connectivity index (χ0) is 23.1. The molecule has 0 aliphatic carbocycles. The van der Waals surface area contributed by atoms with Crippen molar-refractivity contribution in [3.63, 3.8) is 0 Å². The van der Waals surface area contributed by atoms with Gasteiger partial charge in [0.15, 0.2) is 5.69 Å². The maximum Gasteiger partial charge on any atom is 0.435 e. The SMILES string of the molecule is O=C(Nc1ccc(-n2nc(C(F)(F)F)cc2C(F)(F)F)cc1)c1cc(F)c(Cl)cc1F. The number of amides is 1. The molecule has 3 rings (SSSR count). The summed E-state index contributed by atoms with van der Waals surface area (Å²) in [7, 11) is 0. The molecule has 1 heterocycles. The van der Waals surface area contributed by atoms with E-state index in [4.69, 9.17) is 11.6 Å². The van der Waals surface area contributed by atoms with Gasteiger partial charge in [-0.3, -0.25) is 4.79 Å². The Morgan fingerprint density at radius 1 is 0.903 bits per heavy atom. The number of nitrogens with one attached hydrogen (secondary N) is 1. The van der Waals surface area contributed by atoms with Crippen molar-refractivity contribution in [1.82, 2.24) is 9.78 Å². The number of alkyl halides is 6. The third kappa shape index (κ3) is 4.79. The van der Waals surface area contributed by atoms with Crippen molar-refractivity contribution < 1.29 is 39.9 Å². The first-order chi connectivity index (χ1) is 14.3. The summed E-state index contributed by atoms with van der Waals surface area (Å²) in [5.74, 6) is -3.26. The van der Waals surface area contributed by atoms with Crippen molar-refractivity contribution in [3.05, 3.63) is 76.1 Å². The first-order valence-corrected chi connectivity index (χ1v) is 8.46. The van der Waals surface area contributed by atoms with Crippen LogP contribution in [0, 0.1) is 11.6 Å². The third-order valence-electron chi connectivity index (χ3n) is 3.91. The average molecular weight is 470 g/mol. The molecule has 0 bridgehead atoms. The van der Waals surface area contributed by atoms with E-state index < -0.39 is 51.9 Å². The van der Waals surface area contributed by atoms with E-state index >= 15 is 0 Å². The Morgan fingerprint density at radius 2 is 1.52 bits per heavy atom. The molecule has 0 aliphatic rings. The van der Waals surface area contributed by atoms with Gasteiger partial charge in [-0.1, -0.05) is 11.6 Å². The standard InChI is InChI=1S/C18H8ClF8N3O/c19-11-6-12(20)10(5-13(11)21)16(31)28-8-1-3-9(4-2-8)30-15(18(25,26)27)7-14(29-30)17(22,23)24/h1-7H,(H,28,31). The first kappa shape index (κ1) is 22.5. The monoisotopic (exact) mass is 469 g/mol. The highest BCUT2D eigenvalue weighted by molar-refractivity contribution is 6.30. The quantitative estimate of drug-likeness (QED) is 0.372. The van der Waals surface area contributed by atoms with E-state index in [2.05, 4.69) is 10.4 Å². The summed E-state index contributed by atoms with van der Waals surface area (Å²) in [5.41, 5.74) is -4.52. The smallest absolute Gasteiger partial charge is 0.322 e. The van der Waals surface area contributed by atoms with Gasteiger partial charge in [0.05, 0.1) is 16.3 Å². The predicted molar refractivity (Wildman–Crippen MR) is 92.9 cm³/mol. The number of hydrogen-bond acceptors (Lipinski definition) is 2. The van der Waals surface area contributed by atoms with Gasteiger partial charge in [-0.05, 0) is 36.4 Å². The fraction of sp³-hybridized carbons (Fsp3) is 0.111. The summed E-state index contributed by atoms with van der Waals surface area (Å²) >= 11 is 5.40. The number of benzene rings is 2. The van der Waals surface area contributed by atoms with Crippen LogP contribution in [0.3, 0.4) is 0 Å². The molecule has 0 saturated carbocycles. The maximum absolute atomic E-state index is 13.8. The molecule has 0 unspecified atom stereocenters. The van der Waals surface area contributed by atoms with E-state index in [1.54, 1.807) is 0 Å². The normalized spacial score (nSPS) is 12.2. The van der Waals surface area contributed by atoms with E-state index in [9.17, 15) is 39.9 Å². The summed E-state index contributed by atoms with van der Waals surface area (Å²) in [6.45, 7) is 0. The highest BCUT2D eigenvalue weighted by Gasteiger charge is 2.42. The number of nitrogens with zero attached hydrogens (tertiary/aromatic N) is 2. The van der Waals surface area contributed by atoms with Crippen LogP contribution in [0.15, 0.2) is 42.5 Å². The Labute approximate surface area is 173 Å². The highest BCUT2D eigenvalue weighted by atomic mass is 35.5. The highest BCUT2D eigenvalue weighted by Crippen LogP contribution is 2.36. The number of halogens is 9. The zero-order valence-electron chi connectivity index (χ0n) is 14.7. The molecular weight excluding hydrogens is 462 g/mol. The van der Waals surface area contributed by atoms with E-state index in [1.165, 1.54) is 0 Å². The van der Waals surface area contributed by atoms with E-state index in [0.29, 0.717) is 12.1 Å². The Bertz CT molecular complexity index is 1140. The van der Waals surface area contributed by atoms with Crippen molar-refractivity contribution in [2.45, 2.75) is 12.4 Å². The maximum atomic E-state index is 13.8. The Balaban J connectivity index is 1.90. The number of aromatic nitrogens is 2. The molecule has 4 nitrogen and oxygen atoms in total. The number of carbonyl (C=O) groups is 1. The van der Waals surface area contributed by atoms with Gasteiger partial charge in [0.25, 0.3) is 5.91 Å². The summed E-state index contributed by atoms with van der Waals surface area (Å²) in [4.78, 5) is 12.1. The van der Waals surface area contributed by atoms with Gasteiger partial charge >= 0.3 is 12.4 Å². The van der Waals surface area contributed by atoms with Crippen LogP contribution in [0.2, 0.25) is 5.02 Å². The minimum Gasteiger partial charge on any atom is -0.322 e. The molecule has 0 fully saturated rings. The van der Waals surface area contributed by atoms with Crippen molar-refractivity contribution >= 4 is 23.2 Å². The van der Waals surface area contributed by atoms with Crippen molar-refractivity contribution in [2.75, 3.05) is 5.32 Å². The summed E-state index contributed by atoms with van der Waals surface area (Å²) in [6.07, 6.45) is -10.2. The van der Waals surface area contributed by atoms with Gasteiger partial charge < -0.3 is 5.32 Å². The topological polar surface area (TPSA) is 46.9 Å². The minimum atomic E-state index is -5.13. The Morgan fingerprint density at radius 3 is 2.06 bits per heavy atom. The molecule has 2 aromatic carbocycles. The molecule has 0 atom stereocenters. The average Bonchev–Trinajstić information content (AvgIpc) is 3.11. The van der Waals surface area contributed by atoms with Crippen LogP contribution in [0.5, 0.6) is 0 Å². The molecule has 31 heavy (non-hydrogen) atoms. The van der Waals surface area contributed by atoms with Gasteiger partial charge in [0.2, 0.25) is 0 Å². The van der Waals surface area contributed by atoms with Gasteiger partial charge in [-0.15, -0.1) is 0 Å². The Kier molecular flexibility index (Phi) is 5.70. The zero-order valence-corrected chi connectivity index (χ0v) is 15.5. The van der Waals surface area contributed by atoms with E-state index in [-0.39, 0.29) is 22.1 Å². The fourth-order valence-electron chi connectivity index (χ4n) is 2.50.